The highest BCUT2D eigenvalue weighted by Gasteiger charge is 2.21. The highest BCUT2D eigenvalue weighted by atomic mass is 16.5. The number of carbonyl (C=O) groups is 1. The van der Waals surface area contributed by atoms with Gasteiger partial charge in [-0.2, -0.15) is 0 Å². The van der Waals surface area contributed by atoms with Crippen molar-refractivity contribution in [3.8, 4) is 0 Å². The van der Waals surface area contributed by atoms with Gasteiger partial charge in [-0.05, 0) is 12.0 Å². The Kier molecular flexibility index (Phi) is 15.0. The number of nitrogens with two attached hydrogens (primary N) is 2. The lowest BCUT2D eigenvalue weighted by molar-refractivity contribution is -0.142. The molecule has 6 nitrogen and oxygen atoms in total. The van der Waals surface area contributed by atoms with Crippen LogP contribution in [0.4, 0.5) is 0 Å². The summed E-state index contributed by atoms with van der Waals surface area (Å²) in [5, 5.41) is 5.03. The minimum absolute atomic E-state index is 0.278. The molecule has 1 rings (SSSR count). The van der Waals surface area contributed by atoms with E-state index in [4.69, 9.17) is 16.3 Å². The lowest BCUT2D eigenvalue weighted by Gasteiger charge is -2.15. The lowest BCUT2D eigenvalue weighted by atomic mass is 9.94. The predicted molar refractivity (Wildman–Crippen MR) is 96.7 cm³/mol. The maximum atomic E-state index is 11.8. The Balaban J connectivity index is 0. The number of hydrogen-bond acceptors (Lipinski definition) is 5. The molecule has 23 heavy (non-hydrogen) atoms. The van der Waals surface area contributed by atoms with Gasteiger partial charge in [0, 0.05) is 13.5 Å². The fraction of sp³-hybridized carbons (Fsp3) is 0.529. The first kappa shape index (κ1) is 23.2. The largest absolute Gasteiger partial charge is 0.469 e. The molecule has 1 aromatic carbocycles. The van der Waals surface area contributed by atoms with Crippen LogP contribution in [0.5, 0.6) is 0 Å². The smallest absolute Gasteiger partial charge is 0.313 e. The Labute approximate surface area is 140 Å². The van der Waals surface area contributed by atoms with Crippen molar-refractivity contribution in [2.75, 3.05) is 14.2 Å². The molecule has 0 aromatic heterocycles. The standard InChI is InChI=1S/C13H20N4O2.2C2H6/c1-17(15)16-12(14)9-8-11(13(18)19-2)10-6-4-3-5-7-10;2*1-2/h3-7,11H,8-9,15H2,1-2H3,(H2,14,16);2*1-2H3. The maximum absolute atomic E-state index is 11.8. The molecule has 4 N–H and O–H groups in total. The molecular weight excluding hydrogens is 292 g/mol. The van der Waals surface area contributed by atoms with Crippen molar-refractivity contribution in [3.63, 3.8) is 0 Å². The third-order valence-corrected chi connectivity index (χ3v) is 2.66. The van der Waals surface area contributed by atoms with Crippen molar-refractivity contribution in [1.82, 2.24) is 5.12 Å². The van der Waals surface area contributed by atoms with E-state index < -0.39 is 0 Å². The number of hydrazine groups is 1. The first-order valence-electron chi connectivity index (χ1n) is 7.98. The molecule has 1 aromatic rings. The number of nitrogens with zero attached hydrogens (tertiary/aromatic N) is 2. The zero-order chi connectivity index (χ0) is 18.3. The molecule has 0 bridgehead atoms. The topological polar surface area (TPSA) is 93.9 Å². The molecule has 0 saturated carbocycles. The molecule has 0 amide bonds. The van der Waals surface area contributed by atoms with E-state index in [1.807, 2.05) is 58.0 Å². The van der Waals surface area contributed by atoms with Gasteiger partial charge in [0.15, 0.2) is 0 Å². The average Bonchev–Trinajstić information content (AvgIpc) is 2.58. The van der Waals surface area contributed by atoms with E-state index in [1.54, 1.807) is 7.05 Å². The van der Waals surface area contributed by atoms with Crippen molar-refractivity contribution in [3.05, 3.63) is 35.9 Å². The van der Waals surface area contributed by atoms with Crippen LogP contribution in [0.25, 0.3) is 0 Å². The van der Waals surface area contributed by atoms with Crippen molar-refractivity contribution < 1.29 is 9.53 Å². The number of benzene rings is 1. The van der Waals surface area contributed by atoms with Crippen molar-refractivity contribution in [2.45, 2.75) is 46.5 Å². The minimum Gasteiger partial charge on any atom is -0.469 e. The third-order valence-electron chi connectivity index (χ3n) is 2.66. The molecular formula is C17H32N4O2. The molecule has 1 unspecified atom stereocenters. The molecule has 0 aliphatic rings. The van der Waals surface area contributed by atoms with Gasteiger partial charge in [0.05, 0.1) is 13.0 Å². The summed E-state index contributed by atoms with van der Waals surface area (Å²) in [5.41, 5.74) is 6.62. The van der Waals surface area contributed by atoms with Gasteiger partial charge >= 0.3 is 5.97 Å². The first-order valence-corrected chi connectivity index (χ1v) is 7.98. The number of hydrazone groups is 1. The van der Waals surface area contributed by atoms with Gasteiger partial charge in [-0.25, -0.2) is 11.0 Å². The van der Waals surface area contributed by atoms with Crippen LogP contribution in [0, 0.1) is 0 Å². The van der Waals surface area contributed by atoms with E-state index in [1.165, 1.54) is 7.11 Å². The van der Waals surface area contributed by atoms with Crippen LogP contribution in [-0.4, -0.2) is 31.1 Å². The van der Waals surface area contributed by atoms with E-state index in [-0.39, 0.29) is 11.9 Å². The quantitative estimate of drug-likeness (QED) is 0.276. The molecule has 0 aliphatic carbocycles. The highest BCUT2D eigenvalue weighted by Crippen LogP contribution is 2.22. The van der Waals surface area contributed by atoms with Crippen LogP contribution in [0.3, 0.4) is 0 Å². The van der Waals surface area contributed by atoms with Gasteiger partial charge < -0.3 is 10.5 Å². The summed E-state index contributed by atoms with van der Waals surface area (Å²) >= 11 is 0. The minimum atomic E-state index is -0.344. The van der Waals surface area contributed by atoms with Gasteiger partial charge in [-0.1, -0.05) is 58.0 Å². The van der Waals surface area contributed by atoms with Crippen LogP contribution in [0.2, 0.25) is 0 Å². The monoisotopic (exact) mass is 324 g/mol. The fourth-order valence-corrected chi connectivity index (χ4v) is 1.79. The Morgan fingerprint density at radius 1 is 1.22 bits per heavy atom. The van der Waals surface area contributed by atoms with Gasteiger partial charge in [0.1, 0.15) is 5.84 Å². The number of amidine groups is 1. The number of esters is 1. The maximum Gasteiger partial charge on any atom is 0.313 e. The second kappa shape index (κ2) is 14.8. The van der Waals surface area contributed by atoms with Gasteiger partial charge in [-0.15, -0.1) is 5.10 Å². The van der Waals surface area contributed by atoms with Gasteiger partial charge in [0.25, 0.3) is 0 Å². The second-order valence-corrected chi connectivity index (χ2v) is 4.19. The summed E-state index contributed by atoms with van der Waals surface area (Å²) in [6, 6.07) is 9.46. The molecule has 0 aliphatic heterocycles. The number of methoxy groups -OCH3 is 1. The Morgan fingerprint density at radius 3 is 2.17 bits per heavy atom. The number of carbonyl (C=O) groups excluding carboxylic acids is 1. The molecule has 0 spiro atoms. The lowest BCUT2D eigenvalue weighted by Crippen LogP contribution is -2.26. The summed E-state index contributed by atoms with van der Waals surface area (Å²) in [6.07, 6.45) is 0.996. The van der Waals surface area contributed by atoms with E-state index in [0.717, 1.165) is 10.7 Å². The van der Waals surface area contributed by atoms with Crippen LogP contribution in [0.15, 0.2) is 35.4 Å². The second-order valence-electron chi connectivity index (χ2n) is 4.19. The van der Waals surface area contributed by atoms with Crippen molar-refractivity contribution in [1.29, 1.82) is 0 Å². The molecule has 1 atom stereocenters. The van der Waals surface area contributed by atoms with E-state index >= 15 is 0 Å². The van der Waals surface area contributed by atoms with Crippen LogP contribution in [-0.2, 0) is 9.53 Å². The third kappa shape index (κ3) is 10.3. The van der Waals surface area contributed by atoms with Crippen molar-refractivity contribution >= 4 is 11.8 Å². The number of ether oxygens (including phenoxy) is 1. The highest BCUT2D eigenvalue weighted by molar-refractivity contribution is 5.82. The molecule has 6 heteroatoms. The Hall–Kier alpha value is -2.08. The summed E-state index contributed by atoms with van der Waals surface area (Å²) in [7, 11) is 2.96. The summed E-state index contributed by atoms with van der Waals surface area (Å²) in [5.74, 6) is 5.13. The van der Waals surface area contributed by atoms with E-state index in [0.29, 0.717) is 18.7 Å². The molecule has 132 valence electrons. The van der Waals surface area contributed by atoms with Crippen LogP contribution in [0.1, 0.15) is 52.0 Å². The summed E-state index contributed by atoms with van der Waals surface area (Å²) < 4.78 is 4.83. The molecule has 0 saturated heterocycles. The average molecular weight is 324 g/mol. The Bertz CT molecular complexity index is 433. The predicted octanol–water partition coefficient (Wildman–Crippen LogP) is 2.85. The summed E-state index contributed by atoms with van der Waals surface area (Å²) in [6.45, 7) is 8.00. The normalized spacial score (nSPS) is 11.2. The first-order chi connectivity index (χ1) is 11.0. The zero-order valence-corrected chi connectivity index (χ0v) is 15.2. The zero-order valence-electron chi connectivity index (χ0n) is 15.2. The van der Waals surface area contributed by atoms with Gasteiger partial charge in [-0.3, -0.25) is 4.79 Å². The van der Waals surface area contributed by atoms with Crippen LogP contribution >= 0.6 is 0 Å². The summed E-state index contributed by atoms with van der Waals surface area (Å²) in [4.78, 5) is 11.8. The fourth-order valence-electron chi connectivity index (χ4n) is 1.79. The number of hydrogen-bond donors (Lipinski definition) is 2. The van der Waals surface area contributed by atoms with E-state index in [9.17, 15) is 4.79 Å². The molecule has 0 fully saturated rings. The number of rotatable bonds is 6. The Morgan fingerprint density at radius 2 is 1.74 bits per heavy atom. The SMILES string of the molecule is CC.CC.COC(=O)C(CC/C(N)=N/N(C)N)c1ccccc1. The molecule has 0 heterocycles. The van der Waals surface area contributed by atoms with Gasteiger partial charge in [0.2, 0.25) is 0 Å². The van der Waals surface area contributed by atoms with E-state index in [2.05, 4.69) is 5.10 Å². The van der Waals surface area contributed by atoms with Crippen molar-refractivity contribution in [2.24, 2.45) is 16.7 Å². The van der Waals surface area contributed by atoms with Crippen LogP contribution < -0.4 is 11.6 Å². The molecule has 0 radical (unpaired) electrons.